The van der Waals surface area contributed by atoms with Crippen molar-refractivity contribution >= 4 is 29.6 Å². The van der Waals surface area contributed by atoms with Crippen LogP contribution in [0.3, 0.4) is 0 Å². The van der Waals surface area contributed by atoms with Gasteiger partial charge in [-0.05, 0) is 24.0 Å². The van der Waals surface area contributed by atoms with Gasteiger partial charge in [0.2, 0.25) is 5.91 Å². The molecule has 1 rings (SSSR count). The number of aromatic hydroxyl groups is 1. The second-order valence-corrected chi connectivity index (χ2v) is 4.52. The first-order valence-electron chi connectivity index (χ1n) is 5.44. The molecule has 0 bridgehead atoms. The van der Waals surface area contributed by atoms with Crippen molar-refractivity contribution in [2.75, 3.05) is 12.0 Å². The summed E-state index contributed by atoms with van der Waals surface area (Å²) in [6, 6.07) is 1.33. The molecule has 0 aliphatic carbocycles. The topological polar surface area (TPSA) is 94.6 Å². The van der Waals surface area contributed by atoms with Crippen LogP contribution < -0.4 is 10.9 Å². The summed E-state index contributed by atoms with van der Waals surface area (Å²) in [4.78, 5) is 28.4. The van der Waals surface area contributed by atoms with E-state index in [-0.39, 0.29) is 11.7 Å². The number of hydrogen-bond acceptors (Lipinski definition) is 5. The zero-order chi connectivity index (χ0) is 14.3. The molecular formula is C12H15N3O3S. The molecule has 0 atom stereocenters. The van der Waals surface area contributed by atoms with Gasteiger partial charge in [-0.3, -0.25) is 9.59 Å². The molecule has 1 amide bonds. The molecule has 102 valence electrons. The van der Waals surface area contributed by atoms with Crippen LogP contribution in [0.15, 0.2) is 28.3 Å². The lowest BCUT2D eigenvalue weighted by Gasteiger charge is -2.03. The number of nitrogens with one attached hydrogen (secondary N) is 2. The van der Waals surface area contributed by atoms with E-state index in [1.807, 2.05) is 6.26 Å². The lowest BCUT2D eigenvalue weighted by molar-refractivity contribution is -0.117. The maximum absolute atomic E-state index is 11.0. The summed E-state index contributed by atoms with van der Waals surface area (Å²) in [7, 11) is 0. The normalized spacial score (nSPS) is 11.8. The standard InChI is InChI=1S/C12H15N3O3S/c1-8(16)15-11(7-19-2)13-4-3-9-5-10(17)12(18)14-6-9/h3-6,17H,7H2,1-2H3,(H,14,18)(H,13,15,16)/b4-3+. The lowest BCUT2D eigenvalue weighted by atomic mass is 10.3. The molecule has 7 heteroatoms. The molecule has 0 fully saturated rings. The van der Waals surface area contributed by atoms with E-state index >= 15 is 0 Å². The number of rotatable bonds is 4. The maximum Gasteiger partial charge on any atom is 0.290 e. The average Bonchev–Trinajstić information content (AvgIpc) is 2.33. The van der Waals surface area contributed by atoms with Crippen molar-refractivity contribution in [3.05, 3.63) is 34.4 Å². The number of H-pyrrole nitrogens is 1. The van der Waals surface area contributed by atoms with Crippen LogP contribution in [0.1, 0.15) is 12.5 Å². The second-order valence-electron chi connectivity index (χ2n) is 3.65. The smallest absolute Gasteiger partial charge is 0.290 e. The van der Waals surface area contributed by atoms with Gasteiger partial charge in [0.1, 0.15) is 5.84 Å². The van der Waals surface area contributed by atoms with E-state index in [9.17, 15) is 14.7 Å². The number of aliphatic imine (C=N–C) groups is 1. The molecule has 0 aliphatic rings. The van der Waals surface area contributed by atoms with Crippen LogP contribution in [0.5, 0.6) is 5.75 Å². The minimum Gasteiger partial charge on any atom is -0.503 e. The third-order valence-corrected chi connectivity index (χ3v) is 2.57. The van der Waals surface area contributed by atoms with Crippen LogP contribution in [0, 0.1) is 0 Å². The van der Waals surface area contributed by atoms with Crippen LogP contribution in [-0.2, 0) is 4.79 Å². The molecule has 1 aromatic rings. The van der Waals surface area contributed by atoms with Crippen molar-refractivity contribution in [1.29, 1.82) is 0 Å². The third-order valence-electron chi connectivity index (χ3n) is 2.00. The number of hydrogen-bond donors (Lipinski definition) is 3. The summed E-state index contributed by atoms with van der Waals surface area (Å²) in [6.45, 7) is 1.42. The maximum atomic E-state index is 11.0. The first-order chi connectivity index (χ1) is 9.02. The van der Waals surface area contributed by atoms with Gasteiger partial charge in [0.05, 0.1) is 5.75 Å². The molecule has 0 saturated carbocycles. The van der Waals surface area contributed by atoms with E-state index < -0.39 is 5.56 Å². The Morgan fingerprint density at radius 1 is 1.63 bits per heavy atom. The number of aromatic amines is 1. The van der Waals surface area contributed by atoms with Crippen molar-refractivity contribution in [2.24, 2.45) is 4.99 Å². The Morgan fingerprint density at radius 2 is 2.37 bits per heavy atom. The highest BCUT2D eigenvalue weighted by Crippen LogP contribution is 2.05. The molecule has 0 unspecified atom stereocenters. The summed E-state index contributed by atoms with van der Waals surface area (Å²) in [5, 5.41) is 11.9. The van der Waals surface area contributed by atoms with Crippen LogP contribution in [0.4, 0.5) is 0 Å². The summed E-state index contributed by atoms with van der Waals surface area (Å²) in [6.07, 6.45) is 6.47. The molecule has 3 N–H and O–H groups in total. The minimum atomic E-state index is -0.540. The van der Waals surface area contributed by atoms with E-state index in [0.29, 0.717) is 17.2 Å². The fraction of sp³-hybridized carbons (Fsp3) is 0.250. The Hall–Kier alpha value is -2.02. The predicted molar refractivity (Wildman–Crippen MR) is 77.4 cm³/mol. The van der Waals surface area contributed by atoms with E-state index in [1.54, 1.807) is 6.08 Å². The van der Waals surface area contributed by atoms with Crippen molar-refractivity contribution in [3.63, 3.8) is 0 Å². The summed E-state index contributed by atoms with van der Waals surface area (Å²) >= 11 is 1.54. The van der Waals surface area contributed by atoms with Gasteiger partial charge < -0.3 is 15.4 Å². The number of nitrogens with zero attached hydrogens (tertiary/aromatic N) is 1. The van der Waals surface area contributed by atoms with Crippen LogP contribution in [0.25, 0.3) is 6.08 Å². The highest BCUT2D eigenvalue weighted by atomic mass is 32.2. The van der Waals surface area contributed by atoms with Gasteiger partial charge in [0, 0.05) is 19.3 Å². The van der Waals surface area contributed by atoms with Crippen molar-refractivity contribution in [3.8, 4) is 5.75 Å². The van der Waals surface area contributed by atoms with Crippen molar-refractivity contribution in [1.82, 2.24) is 10.3 Å². The van der Waals surface area contributed by atoms with E-state index in [1.165, 1.54) is 37.1 Å². The summed E-state index contributed by atoms with van der Waals surface area (Å²) < 4.78 is 0. The molecule has 1 aromatic heterocycles. The van der Waals surface area contributed by atoms with Gasteiger partial charge >= 0.3 is 0 Å². The van der Waals surface area contributed by atoms with E-state index in [4.69, 9.17) is 0 Å². The third kappa shape index (κ3) is 5.43. The predicted octanol–water partition coefficient (Wildman–Crippen LogP) is 0.949. The number of thioether (sulfide) groups is 1. The molecule has 19 heavy (non-hydrogen) atoms. The van der Waals surface area contributed by atoms with Crippen molar-refractivity contribution < 1.29 is 9.90 Å². The molecule has 0 aliphatic heterocycles. The molecule has 0 saturated heterocycles. The lowest BCUT2D eigenvalue weighted by Crippen LogP contribution is -2.29. The Bertz CT molecular complexity index is 564. The van der Waals surface area contributed by atoms with E-state index in [2.05, 4.69) is 15.3 Å². The number of carbonyl (C=O) groups excluding carboxylic acids is 1. The molecular weight excluding hydrogens is 266 g/mol. The highest BCUT2D eigenvalue weighted by Gasteiger charge is 1.99. The molecule has 0 spiro atoms. The number of aromatic nitrogens is 1. The largest absolute Gasteiger partial charge is 0.503 e. The van der Waals surface area contributed by atoms with Gasteiger partial charge in [0.15, 0.2) is 5.75 Å². The van der Waals surface area contributed by atoms with Gasteiger partial charge in [-0.25, -0.2) is 4.99 Å². The zero-order valence-corrected chi connectivity index (χ0v) is 11.5. The second kappa shape index (κ2) is 7.42. The fourth-order valence-corrected chi connectivity index (χ4v) is 1.66. The molecule has 0 aromatic carbocycles. The van der Waals surface area contributed by atoms with Gasteiger partial charge in [-0.1, -0.05) is 0 Å². The number of amidine groups is 1. The average molecular weight is 281 g/mol. The number of amides is 1. The molecule has 1 heterocycles. The Kier molecular flexibility index (Phi) is 5.87. The molecule has 6 nitrogen and oxygen atoms in total. The first kappa shape index (κ1) is 15.0. The molecule has 0 radical (unpaired) electrons. The fourth-order valence-electron chi connectivity index (χ4n) is 1.24. The van der Waals surface area contributed by atoms with Gasteiger partial charge in [0.25, 0.3) is 5.56 Å². The Balaban J connectivity index is 2.80. The van der Waals surface area contributed by atoms with Crippen LogP contribution >= 0.6 is 11.8 Å². The van der Waals surface area contributed by atoms with Gasteiger partial charge in [-0.2, -0.15) is 11.8 Å². The van der Waals surface area contributed by atoms with E-state index in [0.717, 1.165) is 0 Å². The quantitative estimate of drug-likeness (QED) is 0.565. The summed E-state index contributed by atoms with van der Waals surface area (Å²) in [5.41, 5.74) is 0.0640. The first-order valence-corrected chi connectivity index (χ1v) is 6.83. The SMILES string of the molecule is CSCC(=N/C=C/c1c[nH]c(=O)c(O)c1)NC(C)=O. The van der Waals surface area contributed by atoms with Crippen LogP contribution in [-0.4, -0.2) is 33.8 Å². The monoisotopic (exact) mass is 281 g/mol. The number of pyridine rings is 1. The van der Waals surface area contributed by atoms with Crippen LogP contribution in [0.2, 0.25) is 0 Å². The Morgan fingerprint density at radius 3 is 2.95 bits per heavy atom. The number of carbonyl (C=O) groups is 1. The highest BCUT2D eigenvalue weighted by molar-refractivity contribution is 7.99. The summed E-state index contributed by atoms with van der Waals surface area (Å²) in [5.74, 6) is 0.603. The van der Waals surface area contributed by atoms with Gasteiger partial charge in [-0.15, -0.1) is 0 Å². The Labute approximate surface area is 114 Å². The zero-order valence-electron chi connectivity index (χ0n) is 10.6. The minimum absolute atomic E-state index is 0.178. The van der Waals surface area contributed by atoms with Crippen molar-refractivity contribution in [2.45, 2.75) is 6.92 Å².